The van der Waals surface area contributed by atoms with Crippen LogP contribution in [0.5, 0.6) is 0 Å². The van der Waals surface area contributed by atoms with Gasteiger partial charge >= 0.3 is 5.97 Å². The second-order valence-electron chi connectivity index (χ2n) is 4.78. The van der Waals surface area contributed by atoms with Crippen molar-refractivity contribution in [2.24, 2.45) is 0 Å². The second kappa shape index (κ2) is 7.07. The molecule has 5 nitrogen and oxygen atoms in total. The minimum atomic E-state index is -0.979. The molecule has 1 N–H and O–H groups in total. The maximum atomic E-state index is 11.0. The molecule has 106 valence electrons. The maximum Gasteiger partial charge on any atom is 0.339 e. The Balaban J connectivity index is 3.02. The van der Waals surface area contributed by atoms with Crippen LogP contribution in [0.4, 0.5) is 5.95 Å². The zero-order valence-electron chi connectivity index (χ0n) is 12.2. The zero-order valence-corrected chi connectivity index (χ0v) is 12.2. The highest BCUT2D eigenvalue weighted by Crippen LogP contribution is 2.16. The number of unbranched alkanes of at least 4 members (excludes halogenated alkanes) is 1. The van der Waals surface area contributed by atoms with Gasteiger partial charge in [0.25, 0.3) is 0 Å². The van der Waals surface area contributed by atoms with Crippen molar-refractivity contribution in [3.8, 4) is 0 Å². The number of carboxylic acids is 1. The third kappa shape index (κ3) is 3.91. The van der Waals surface area contributed by atoms with Crippen LogP contribution >= 0.6 is 0 Å². The molecule has 5 heteroatoms. The first kappa shape index (κ1) is 15.4. The van der Waals surface area contributed by atoms with Crippen molar-refractivity contribution in [3.05, 3.63) is 17.5 Å². The SMILES string of the molecule is CCCCN(c1ncc(C(=O)O)c(C)n1)C(C)CC. The van der Waals surface area contributed by atoms with E-state index in [0.717, 1.165) is 25.8 Å². The van der Waals surface area contributed by atoms with Gasteiger partial charge in [0.15, 0.2) is 0 Å². The average Bonchev–Trinajstić information content (AvgIpc) is 2.38. The van der Waals surface area contributed by atoms with Crippen molar-refractivity contribution in [1.82, 2.24) is 9.97 Å². The Morgan fingerprint density at radius 2 is 2.16 bits per heavy atom. The monoisotopic (exact) mass is 265 g/mol. The Morgan fingerprint density at radius 1 is 1.47 bits per heavy atom. The van der Waals surface area contributed by atoms with Crippen LogP contribution in [0.2, 0.25) is 0 Å². The first-order chi connectivity index (χ1) is 9.01. The van der Waals surface area contributed by atoms with E-state index in [9.17, 15) is 4.79 Å². The smallest absolute Gasteiger partial charge is 0.339 e. The number of rotatable bonds is 7. The normalized spacial score (nSPS) is 12.2. The molecule has 0 saturated carbocycles. The number of hydrogen-bond donors (Lipinski definition) is 1. The Bertz CT molecular complexity index is 435. The summed E-state index contributed by atoms with van der Waals surface area (Å²) in [7, 11) is 0. The Labute approximate surface area is 114 Å². The topological polar surface area (TPSA) is 66.3 Å². The van der Waals surface area contributed by atoms with E-state index < -0.39 is 5.97 Å². The largest absolute Gasteiger partial charge is 0.478 e. The summed E-state index contributed by atoms with van der Waals surface area (Å²) < 4.78 is 0. The van der Waals surface area contributed by atoms with E-state index in [2.05, 4.69) is 35.6 Å². The van der Waals surface area contributed by atoms with Gasteiger partial charge in [-0.3, -0.25) is 0 Å². The number of nitrogens with zero attached hydrogens (tertiary/aromatic N) is 3. The third-order valence-corrected chi connectivity index (χ3v) is 3.33. The van der Waals surface area contributed by atoms with Crippen LogP contribution in [0.1, 0.15) is 56.1 Å². The van der Waals surface area contributed by atoms with Gasteiger partial charge in [0.2, 0.25) is 5.95 Å². The third-order valence-electron chi connectivity index (χ3n) is 3.33. The first-order valence-electron chi connectivity index (χ1n) is 6.84. The highest BCUT2D eigenvalue weighted by Gasteiger charge is 2.17. The standard InChI is InChI=1S/C14H23N3O2/c1-5-7-8-17(10(3)6-2)14-15-9-12(13(18)19)11(4)16-14/h9-10H,5-8H2,1-4H3,(H,18,19). The summed E-state index contributed by atoms with van der Waals surface area (Å²) >= 11 is 0. The Kier molecular flexibility index (Phi) is 5.73. The van der Waals surface area contributed by atoms with E-state index in [1.165, 1.54) is 6.20 Å². The summed E-state index contributed by atoms with van der Waals surface area (Å²) in [6.07, 6.45) is 4.60. The average molecular weight is 265 g/mol. The van der Waals surface area contributed by atoms with E-state index in [0.29, 0.717) is 17.7 Å². The molecule has 0 spiro atoms. The van der Waals surface area contributed by atoms with Gasteiger partial charge in [-0.25, -0.2) is 14.8 Å². The summed E-state index contributed by atoms with van der Waals surface area (Å²) in [6, 6.07) is 0.349. The highest BCUT2D eigenvalue weighted by atomic mass is 16.4. The van der Waals surface area contributed by atoms with E-state index in [1.807, 2.05) is 0 Å². The molecule has 1 heterocycles. The molecule has 0 bridgehead atoms. The lowest BCUT2D eigenvalue weighted by molar-refractivity contribution is 0.0695. The number of anilines is 1. The van der Waals surface area contributed by atoms with Crippen LogP contribution in [-0.4, -0.2) is 33.6 Å². The molecule has 1 aromatic rings. The molecule has 0 aliphatic heterocycles. The molecule has 0 saturated heterocycles. The van der Waals surface area contributed by atoms with Crippen molar-refractivity contribution in [3.63, 3.8) is 0 Å². The minimum absolute atomic E-state index is 0.170. The number of carboxylic acid groups (broad SMARTS) is 1. The van der Waals surface area contributed by atoms with Gasteiger partial charge in [-0.15, -0.1) is 0 Å². The lowest BCUT2D eigenvalue weighted by atomic mass is 10.2. The number of carbonyl (C=O) groups is 1. The van der Waals surface area contributed by atoms with E-state index in [1.54, 1.807) is 6.92 Å². The zero-order chi connectivity index (χ0) is 14.4. The molecule has 0 radical (unpaired) electrons. The van der Waals surface area contributed by atoms with Crippen molar-refractivity contribution in [2.45, 2.75) is 53.0 Å². The molecule has 1 rings (SSSR count). The number of hydrogen-bond acceptors (Lipinski definition) is 4. The minimum Gasteiger partial charge on any atom is -0.478 e. The van der Waals surface area contributed by atoms with Crippen molar-refractivity contribution in [2.75, 3.05) is 11.4 Å². The van der Waals surface area contributed by atoms with Crippen molar-refractivity contribution < 1.29 is 9.90 Å². The molecule has 0 fully saturated rings. The molecule has 1 atom stereocenters. The van der Waals surface area contributed by atoms with Crippen molar-refractivity contribution >= 4 is 11.9 Å². The summed E-state index contributed by atoms with van der Waals surface area (Å²) in [5.74, 6) is -0.349. The summed E-state index contributed by atoms with van der Waals surface area (Å²) in [5, 5.41) is 9.00. The van der Waals surface area contributed by atoms with Crippen LogP contribution < -0.4 is 4.90 Å². The lowest BCUT2D eigenvalue weighted by Gasteiger charge is -2.28. The number of aromatic carboxylic acids is 1. The van der Waals surface area contributed by atoms with Gasteiger partial charge in [0.1, 0.15) is 0 Å². The summed E-state index contributed by atoms with van der Waals surface area (Å²) in [4.78, 5) is 21.7. The van der Waals surface area contributed by atoms with Gasteiger partial charge in [0.05, 0.1) is 11.3 Å². The van der Waals surface area contributed by atoms with E-state index >= 15 is 0 Å². The van der Waals surface area contributed by atoms with Crippen LogP contribution in [0.3, 0.4) is 0 Å². The fourth-order valence-corrected chi connectivity index (χ4v) is 1.87. The molecule has 1 unspecified atom stereocenters. The highest BCUT2D eigenvalue weighted by molar-refractivity contribution is 5.88. The van der Waals surface area contributed by atoms with E-state index in [-0.39, 0.29) is 5.56 Å². The molecule has 0 aliphatic carbocycles. The molecule has 0 aromatic carbocycles. The quantitative estimate of drug-likeness (QED) is 0.821. The van der Waals surface area contributed by atoms with Crippen molar-refractivity contribution in [1.29, 1.82) is 0 Å². The van der Waals surface area contributed by atoms with Gasteiger partial charge in [-0.1, -0.05) is 20.3 Å². The maximum absolute atomic E-state index is 11.0. The lowest BCUT2D eigenvalue weighted by Crippen LogP contribution is -2.35. The number of aromatic nitrogens is 2. The van der Waals surface area contributed by atoms with E-state index in [4.69, 9.17) is 5.11 Å². The fourth-order valence-electron chi connectivity index (χ4n) is 1.87. The summed E-state index contributed by atoms with van der Waals surface area (Å²) in [6.45, 7) is 9.02. The Morgan fingerprint density at radius 3 is 2.63 bits per heavy atom. The predicted octanol–water partition coefficient (Wildman–Crippen LogP) is 2.89. The van der Waals surface area contributed by atoms with Gasteiger partial charge in [-0.2, -0.15) is 0 Å². The van der Waals surface area contributed by atoms with Gasteiger partial charge < -0.3 is 10.0 Å². The van der Waals surface area contributed by atoms with Crippen LogP contribution in [0.15, 0.2) is 6.20 Å². The fraction of sp³-hybridized carbons (Fsp3) is 0.643. The van der Waals surface area contributed by atoms with Gasteiger partial charge in [-0.05, 0) is 26.7 Å². The second-order valence-corrected chi connectivity index (χ2v) is 4.78. The number of aryl methyl sites for hydroxylation is 1. The van der Waals surface area contributed by atoms with Gasteiger partial charge in [0, 0.05) is 18.8 Å². The van der Waals surface area contributed by atoms with Crippen LogP contribution in [-0.2, 0) is 0 Å². The molecule has 0 aliphatic rings. The molecule has 1 aromatic heterocycles. The Hall–Kier alpha value is -1.65. The molecular formula is C14H23N3O2. The molecule has 0 amide bonds. The first-order valence-corrected chi connectivity index (χ1v) is 6.84. The predicted molar refractivity (Wildman–Crippen MR) is 75.7 cm³/mol. The van der Waals surface area contributed by atoms with Crippen LogP contribution in [0.25, 0.3) is 0 Å². The van der Waals surface area contributed by atoms with Crippen LogP contribution in [0, 0.1) is 6.92 Å². The summed E-state index contributed by atoms with van der Waals surface area (Å²) in [5.41, 5.74) is 0.686. The molecular weight excluding hydrogens is 242 g/mol. The molecule has 19 heavy (non-hydrogen) atoms.